The number of aliphatic hydroxyl groups excluding tert-OH is 4. The van der Waals surface area contributed by atoms with Crippen LogP contribution in [-0.4, -0.2) is 90.9 Å². The van der Waals surface area contributed by atoms with E-state index < -0.39 is 54.2 Å². The summed E-state index contributed by atoms with van der Waals surface area (Å²) in [4.78, 5) is 25.0. The molecule has 3 aliphatic carbocycles. The van der Waals surface area contributed by atoms with Crippen LogP contribution in [0.15, 0.2) is 35.5 Å². The van der Waals surface area contributed by atoms with Crippen LogP contribution >= 0.6 is 0 Å². The fraction of sp³-hybridized carbons (Fsp3) is 0.758. The highest BCUT2D eigenvalue weighted by Gasteiger charge is 2.53. The Morgan fingerprint density at radius 1 is 1.09 bits per heavy atom. The molecule has 11 atom stereocenters. The Kier molecular flexibility index (Phi) is 10.4. The number of fused-ring (bicyclic) bond motifs is 1. The molecule has 0 radical (unpaired) electrons. The number of hydrogen-bond donors (Lipinski definition) is 6. The van der Waals surface area contributed by atoms with Crippen LogP contribution in [0.5, 0.6) is 0 Å². The Balaban J connectivity index is 1.53. The topological polar surface area (TPSA) is 174 Å². The fourth-order valence-electron chi connectivity index (χ4n) is 8.06. The van der Waals surface area contributed by atoms with Crippen molar-refractivity contribution in [3.05, 3.63) is 35.5 Å². The van der Waals surface area contributed by atoms with Crippen LogP contribution in [0, 0.1) is 23.2 Å². The number of carboxylic acids is 1. The lowest BCUT2D eigenvalue weighted by Crippen LogP contribution is -2.61. The van der Waals surface area contributed by atoms with Gasteiger partial charge in [0, 0.05) is 0 Å². The van der Waals surface area contributed by atoms with E-state index >= 15 is 0 Å². The lowest BCUT2D eigenvalue weighted by molar-refractivity contribution is -0.303. The van der Waals surface area contributed by atoms with Crippen molar-refractivity contribution in [1.29, 1.82) is 0 Å². The zero-order chi connectivity index (χ0) is 31.9. The Labute approximate surface area is 254 Å². The summed E-state index contributed by atoms with van der Waals surface area (Å²) in [5.74, 6) is -1.63. The van der Waals surface area contributed by atoms with Crippen molar-refractivity contribution in [2.24, 2.45) is 23.2 Å². The zero-order valence-electron chi connectivity index (χ0n) is 25.8. The lowest BCUT2D eigenvalue weighted by atomic mass is 9.60. The molecule has 10 nitrogen and oxygen atoms in total. The molecule has 0 spiro atoms. The van der Waals surface area contributed by atoms with Crippen LogP contribution in [-0.2, 0) is 19.1 Å². The predicted molar refractivity (Wildman–Crippen MR) is 158 cm³/mol. The number of aliphatic hydroxyl groups is 5. The zero-order valence-corrected chi connectivity index (χ0v) is 25.8. The monoisotopic (exact) mass is 606 g/mol. The highest BCUT2D eigenvalue weighted by Crippen LogP contribution is 2.60. The van der Waals surface area contributed by atoms with E-state index in [0.29, 0.717) is 12.3 Å². The van der Waals surface area contributed by atoms with Crippen LogP contribution < -0.4 is 0 Å². The number of Topliss-reactive ketones (excluding diaryl/α,β-unsaturated/α-hetero) is 1. The van der Waals surface area contributed by atoms with Gasteiger partial charge in [-0.3, -0.25) is 4.79 Å². The second kappa shape index (κ2) is 13.2. The molecule has 43 heavy (non-hydrogen) atoms. The molecule has 0 aromatic rings. The summed E-state index contributed by atoms with van der Waals surface area (Å²) in [6, 6.07) is 0. The summed E-state index contributed by atoms with van der Waals surface area (Å²) in [6.45, 7) is 11.2. The first kappa shape index (κ1) is 34.0. The number of aliphatic carboxylic acids is 1. The van der Waals surface area contributed by atoms with E-state index in [1.165, 1.54) is 19.4 Å². The predicted octanol–water partition coefficient (Wildman–Crippen LogP) is 2.80. The van der Waals surface area contributed by atoms with Crippen molar-refractivity contribution < 1.29 is 49.7 Å². The van der Waals surface area contributed by atoms with Gasteiger partial charge in [0.2, 0.25) is 0 Å². The maximum Gasteiger partial charge on any atom is 0.335 e. The van der Waals surface area contributed by atoms with Gasteiger partial charge in [-0.25, -0.2) is 4.79 Å². The average molecular weight is 607 g/mol. The summed E-state index contributed by atoms with van der Waals surface area (Å²) >= 11 is 0. The quantitative estimate of drug-likeness (QED) is 0.229. The molecule has 4 rings (SSSR count). The smallest absolute Gasteiger partial charge is 0.335 e. The molecule has 3 saturated carbocycles. The first-order valence-electron chi connectivity index (χ1n) is 15.6. The van der Waals surface area contributed by atoms with Gasteiger partial charge in [0.05, 0.1) is 6.10 Å². The molecule has 4 aliphatic rings. The number of carboxylic acid groups (broad SMARTS) is 1. The van der Waals surface area contributed by atoms with Gasteiger partial charge in [-0.05, 0) is 100 Å². The maximum absolute atomic E-state index is 13.4. The molecule has 10 heteroatoms. The molecule has 1 aliphatic heterocycles. The van der Waals surface area contributed by atoms with Crippen molar-refractivity contribution in [1.82, 2.24) is 0 Å². The summed E-state index contributed by atoms with van der Waals surface area (Å²) in [5.41, 5.74) is 1.80. The number of ether oxygens (including phenoxy) is 2. The second-order valence-corrected chi connectivity index (χ2v) is 14.0. The van der Waals surface area contributed by atoms with Gasteiger partial charge in [-0.15, -0.1) is 0 Å². The summed E-state index contributed by atoms with van der Waals surface area (Å²) < 4.78 is 11.2. The minimum absolute atomic E-state index is 0.0248. The number of hydrogen-bond acceptors (Lipinski definition) is 9. The highest BCUT2D eigenvalue weighted by atomic mass is 16.7. The first-order chi connectivity index (χ1) is 20.0. The SMILES string of the molecule is C=C1CC[C@H](O)C/C1=C\C=C1/CCC[C@]2(C)[C@@H]([C@H](C)C[C@H](OC3O[C@H](C(=O)O)[C@@H](O)[C@H](O)[C@H]3O)C(=O)C(C)(C)O)CC[C@@H]12. The molecule has 0 bridgehead atoms. The molecule has 6 N–H and O–H groups in total. The van der Waals surface area contributed by atoms with Crippen molar-refractivity contribution in [2.45, 2.75) is 134 Å². The van der Waals surface area contributed by atoms with Gasteiger partial charge in [0.15, 0.2) is 18.2 Å². The number of carbonyl (C=O) groups excluding carboxylic acids is 1. The van der Waals surface area contributed by atoms with Gasteiger partial charge in [0.25, 0.3) is 0 Å². The number of allylic oxidation sites excluding steroid dienone is 4. The molecule has 1 unspecified atom stereocenters. The molecule has 1 heterocycles. The molecular formula is C33H50O10. The van der Waals surface area contributed by atoms with Crippen molar-refractivity contribution in [3.63, 3.8) is 0 Å². The van der Waals surface area contributed by atoms with Crippen molar-refractivity contribution in [3.8, 4) is 0 Å². The largest absolute Gasteiger partial charge is 0.479 e. The van der Waals surface area contributed by atoms with Gasteiger partial charge in [-0.1, -0.05) is 43.7 Å². The van der Waals surface area contributed by atoms with E-state index in [1.807, 2.05) is 0 Å². The van der Waals surface area contributed by atoms with E-state index in [2.05, 4.69) is 32.6 Å². The Bertz CT molecular complexity index is 1120. The number of ketones is 1. The molecule has 0 aromatic heterocycles. The fourth-order valence-corrected chi connectivity index (χ4v) is 8.06. The van der Waals surface area contributed by atoms with Crippen LogP contribution in [0.2, 0.25) is 0 Å². The average Bonchev–Trinajstić information content (AvgIpc) is 3.29. The third-order valence-electron chi connectivity index (χ3n) is 10.5. The Morgan fingerprint density at radius 2 is 1.79 bits per heavy atom. The van der Waals surface area contributed by atoms with Crippen LogP contribution in [0.25, 0.3) is 0 Å². The Hall–Kier alpha value is -1.92. The maximum atomic E-state index is 13.4. The van der Waals surface area contributed by atoms with Crippen LogP contribution in [0.4, 0.5) is 0 Å². The minimum Gasteiger partial charge on any atom is -0.479 e. The molecule has 4 fully saturated rings. The summed E-state index contributed by atoms with van der Waals surface area (Å²) in [5, 5.41) is 61.0. The number of rotatable bonds is 9. The van der Waals surface area contributed by atoms with Gasteiger partial charge >= 0.3 is 5.97 Å². The summed E-state index contributed by atoms with van der Waals surface area (Å²) in [6.07, 6.45) is 1.13. The molecule has 0 amide bonds. The van der Waals surface area contributed by atoms with E-state index in [1.54, 1.807) is 0 Å². The first-order valence-corrected chi connectivity index (χ1v) is 15.6. The molecular weight excluding hydrogens is 556 g/mol. The lowest BCUT2D eigenvalue weighted by Gasteiger charge is -2.45. The third kappa shape index (κ3) is 7.16. The van der Waals surface area contributed by atoms with Crippen molar-refractivity contribution in [2.75, 3.05) is 0 Å². The van der Waals surface area contributed by atoms with Crippen LogP contribution in [0.1, 0.15) is 85.5 Å². The normalized spacial score (nSPS) is 40.3. The third-order valence-corrected chi connectivity index (χ3v) is 10.5. The minimum atomic E-state index is -1.88. The molecule has 1 saturated heterocycles. The van der Waals surface area contributed by atoms with Gasteiger partial charge < -0.3 is 40.1 Å². The molecule has 0 aromatic carbocycles. The van der Waals surface area contributed by atoms with E-state index in [0.717, 1.165) is 56.1 Å². The highest BCUT2D eigenvalue weighted by molar-refractivity contribution is 5.90. The van der Waals surface area contributed by atoms with E-state index in [9.17, 15) is 40.2 Å². The standard InChI is InChI=1S/C33H50O10/c1-17-8-11-21(34)16-20(17)10-9-19-7-6-14-33(5)22(12-13-23(19)33)18(2)15-24(29(38)32(3,4)41)42-31-27(37)25(35)26(36)28(43-31)30(39)40/h9-10,18,21-28,31,34-37,41H,1,6-8,11-16H2,2-5H3,(H,39,40)/b19-9+,20-10+/t18-,21+,22-,23+,24+,25+,26+,27-,28+,31?,33-/m1/s1. The van der Waals surface area contributed by atoms with Gasteiger partial charge in [-0.2, -0.15) is 0 Å². The van der Waals surface area contributed by atoms with Crippen LogP contribution in [0.3, 0.4) is 0 Å². The van der Waals surface area contributed by atoms with Gasteiger partial charge in [0.1, 0.15) is 30.0 Å². The number of carbonyl (C=O) groups is 2. The van der Waals surface area contributed by atoms with E-state index in [4.69, 9.17) is 9.47 Å². The Morgan fingerprint density at radius 3 is 2.44 bits per heavy atom. The second-order valence-electron chi connectivity index (χ2n) is 14.0. The van der Waals surface area contributed by atoms with E-state index in [-0.39, 0.29) is 29.8 Å². The molecule has 242 valence electrons. The summed E-state index contributed by atoms with van der Waals surface area (Å²) in [7, 11) is 0. The van der Waals surface area contributed by atoms with Crippen molar-refractivity contribution >= 4 is 11.8 Å².